The van der Waals surface area contributed by atoms with E-state index < -0.39 is 0 Å². The van der Waals surface area contributed by atoms with Gasteiger partial charge in [-0.25, -0.2) is 9.97 Å². The van der Waals surface area contributed by atoms with E-state index in [0.717, 1.165) is 83.5 Å². The van der Waals surface area contributed by atoms with Gasteiger partial charge in [0.15, 0.2) is 17.2 Å². The molecule has 4 heterocycles. The first kappa shape index (κ1) is 32.9. The van der Waals surface area contributed by atoms with E-state index in [1.807, 2.05) is 42.5 Å². The molecule has 13 rings (SSSR count). The Morgan fingerprint density at radius 1 is 0.417 bits per heavy atom. The van der Waals surface area contributed by atoms with Crippen molar-refractivity contribution < 1.29 is 4.42 Å². The Bertz CT molecular complexity index is 3670. The fourth-order valence-electron chi connectivity index (χ4n) is 9.34. The Balaban J connectivity index is 1.10. The van der Waals surface area contributed by atoms with Crippen LogP contribution in [0.1, 0.15) is 11.1 Å². The van der Waals surface area contributed by atoms with Crippen LogP contribution in [0, 0.1) is 0 Å². The Morgan fingerprint density at radius 2 is 1.07 bits per heavy atom. The minimum absolute atomic E-state index is 0.554. The monoisotopic (exact) mass is 768 g/mol. The fourth-order valence-corrected chi connectivity index (χ4v) is 9.34. The number of fused-ring (bicyclic) bond motifs is 11. The topological polar surface area (TPSA) is 74.6 Å². The second kappa shape index (κ2) is 12.7. The predicted molar refractivity (Wildman–Crippen MR) is 241 cm³/mol. The zero-order valence-electron chi connectivity index (χ0n) is 32.1. The van der Waals surface area contributed by atoms with Crippen LogP contribution in [0.5, 0.6) is 0 Å². The van der Waals surface area contributed by atoms with Crippen molar-refractivity contribution in [1.82, 2.24) is 29.1 Å². The van der Waals surface area contributed by atoms with E-state index >= 15 is 0 Å². The minimum Gasteiger partial charge on any atom is -0.436 e. The molecule has 0 bridgehead atoms. The maximum atomic E-state index is 6.28. The Morgan fingerprint density at radius 3 is 1.88 bits per heavy atom. The molecule has 0 spiro atoms. The van der Waals surface area contributed by atoms with Crippen molar-refractivity contribution in [2.75, 3.05) is 0 Å². The van der Waals surface area contributed by atoms with E-state index in [2.05, 4.69) is 149 Å². The van der Waals surface area contributed by atoms with Gasteiger partial charge in [0.2, 0.25) is 11.8 Å². The molecule has 0 unspecified atom stereocenters. The Labute approximate surface area is 343 Å². The molecule has 0 aliphatic heterocycles. The summed E-state index contributed by atoms with van der Waals surface area (Å²) in [6.45, 7) is 0. The normalized spacial score (nSPS) is 12.3. The summed E-state index contributed by atoms with van der Waals surface area (Å²) in [5, 5.41) is 4.50. The van der Waals surface area contributed by atoms with E-state index in [9.17, 15) is 0 Å². The average Bonchev–Trinajstić information content (AvgIpc) is 4.08. The first-order valence-corrected chi connectivity index (χ1v) is 20.2. The summed E-state index contributed by atoms with van der Waals surface area (Å²) in [4.78, 5) is 20.8. The van der Waals surface area contributed by atoms with Crippen molar-refractivity contribution in [2.45, 2.75) is 6.42 Å². The number of rotatable bonds is 5. The van der Waals surface area contributed by atoms with Crippen molar-refractivity contribution in [3.8, 4) is 57.0 Å². The quantitative estimate of drug-likeness (QED) is 0.174. The summed E-state index contributed by atoms with van der Waals surface area (Å²) in [6, 6.07) is 63.5. The van der Waals surface area contributed by atoms with E-state index in [0.29, 0.717) is 23.5 Å². The number of hydrogen-bond donors (Lipinski definition) is 0. The van der Waals surface area contributed by atoms with E-state index in [-0.39, 0.29) is 0 Å². The smallest absolute Gasteiger partial charge is 0.238 e. The molecule has 1 aliphatic rings. The SMILES string of the molecule is c1ccc(-c2nc(-c3ccc4c(c3)Cc3ccccc3-4)nc(-n3c4ccccc4c4ccc5c6ccccc6n(-c6cccc(-c7nc8ccccc8o7)c6)c5c43)n2)cc1. The first-order chi connectivity index (χ1) is 29.7. The van der Waals surface area contributed by atoms with Crippen LogP contribution in [-0.2, 0) is 6.42 Å². The molecule has 0 N–H and O–H groups in total. The molecule has 7 nitrogen and oxygen atoms in total. The number of benzene rings is 8. The number of nitrogens with zero attached hydrogens (tertiary/aromatic N) is 6. The van der Waals surface area contributed by atoms with E-state index in [4.69, 9.17) is 24.4 Å². The molecule has 0 saturated heterocycles. The highest BCUT2D eigenvalue weighted by molar-refractivity contribution is 6.23. The van der Waals surface area contributed by atoms with Gasteiger partial charge in [-0.1, -0.05) is 133 Å². The first-order valence-electron chi connectivity index (χ1n) is 20.2. The summed E-state index contributed by atoms with van der Waals surface area (Å²) in [7, 11) is 0. The zero-order chi connectivity index (χ0) is 39.3. The molecule has 0 fully saturated rings. The van der Waals surface area contributed by atoms with Crippen LogP contribution in [-0.4, -0.2) is 29.1 Å². The molecule has 0 atom stereocenters. The van der Waals surface area contributed by atoms with Crippen LogP contribution in [0.4, 0.5) is 0 Å². The molecular formula is C53H32N6O. The van der Waals surface area contributed by atoms with Gasteiger partial charge in [-0.15, -0.1) is 0 Å². The summed E-state index contributed by atoms with van der Waals surface area (Å²) in [6.07, 6.45) is 0.881. The number of para-hydroxylation sites is 4. The van der Waals surface area contributed by atoms with Gasteiger partial charge >= 0.3 is 0 Å². The Hall–Kier alpha value is -8.16. The molecule has 280 valence electrons. The minimum atomic E-state index is 0.554. The van der Waals surface area contributed by atoms with Gasteiger partial charge in [0, 0.05) is 43.9 Å². The number of aromatic nitrogens is 6. The maximum Gasteiger partial charge on any atom is 0.238 e. The van der Waals surface area contributed by atoms with E-state index in [1.54, 1.807) is 0 Å². The molecule has 12 aromatic rings. The lowest BCUT2D eigenvalue weighted by molar-refractivity contribution is 0.620. The summed E-state index contributed by atoms with van der Waals surface area (Å²) in [5.41, 5.74) is 14.7. The summed E-state index contributed by atoms with van der Waals surface area (Å²) >= 11 is 0. The van der Waals surface area contributed by atoms with Gasteiger partial charge in [-0.05, 0) is 77.2 Å². The maximum absolute atomic E-state index is 6.28. The zero-order valence-corrected chi connectivity index (χ0v) is 32.1. The molecular weight excluding hydrogens is 737 g/mol. The van der Waals surface area contributed by atoms with Gasteiger partial charge in [0.05, 0.1) is 22.1 Å². The molecule has 0 saturated carbocycles. The van der Waals surface area contributed by atoms with Crippen molar-refractivity contribution >= 4 is 54.7 Å². The Kier molecular flexibility index (Phi) is 6.94. The second-order valence-electron chi connectivity index (χ2n) is 15.5. The largest absolute Gasteiger partial charge is 0.436 e. The highest BCUT2D eigenvalue weighted by Gasteiger charge is 2.25. The molecule has 60 heavy (non-hydrogen) atoms. The van der Waals surface area contributed by atoms with Gasteiger partial charge in [-0.3, -0.25) is 4.57 Å². The van der Waals surface area contributed by atoms with Crippen LogP contribution in [0.2, 0.25) is 0 Å². The third kappa shape index (κ3) is 4.90. The van der Waals surface area contributed by atoms with Gasteiger partial charge < -0.3 is 8.98 Å². The van der Waals surface area contributed by atoms with Crippen LogP contribution < -0.4 is 0 Å². The molecule has 0 amide bonds. The van der Waals surface area contributed by atoms with Crippen molar-refractivity contribution in [3.63, 3.8) is 0 Å². The predicted octanol–water partition coefficient (Wildman–Crippen LogP) is 12.8. The molecule has 4 aromatic heterocycles. The highest BCUT2D eigenvalue weighted by Crippen LogP contribution is 2.43. The fraction of sp³-hybridized carbons (Fsp3) is 0.0189. The number of hydrogen-bond acceptors (Lipinski definition) is 5. The third-order valence-electron chi connectivity index (χ3n) is 12.0. The third-order valence-corrected chi connectivity index (χ3v) is 12.0. The van der Waals surface area contributed by atoms with Crippen LogP contribution >= 0.6 is 0 Å². The highest BCUT2D eigenvalue weighted by atomic mass is 16.3. The molecule has 0 radical (unpaired) electrons. The van der Waals surface area contributed by atoms with Crippen molar-refractivity contribution in [2.24, 2.45) is 0 Å². The van der Waals surface area contributed by atoms with Gasteiger partial charge in [-0.2, -0.15) is 9.97 Å². The summed E-state index contributed by atoms with van der Waals surface area (Å²) in [5.74, 6) is 2.38. The standard InChI is InChI=1S/C53H32N6O/c1-2-13-32(14-3-1)50-55-51(34-25-26-39-36(30-34)29-33-15-4-5-18-38(33)39)57-53(56-50)59-46-23-10-7-20-41(46)43-28-27-42-40-19-6-9-22-45(40)58(48(42)49(43)59)37-17-12-16-35(31-37)52-54-44-21-8-11-24-47(44)60-52/h1-28,30-31H,29H2. The molecule has 8 aromatic carbocycles. The number of oxazole rings is 1. The summed E-state index contributed by atoms with van der Waals surface area (Å²) < 4.78 is 10.9. The van der Waals surface area contributed by atoms with Crippen LogP contribution in [0.3, 0.4) is 0 Å². The lowest BCUT2D eigenvalue weighted by Crippen LogP contribution is -2.07. The molecule has 7 heteroatoms. The van der Waals surface area contributed by atoms with Crippen LogP contribution in [0.25, 0.3) is 112 Å². The van der Waals surface area contributed by atoms with Crippen LogP contribution in [0.15, 0.2) is 186 Å². The van der Waals surface area contributed by atoms with Crippen molar-refractivity contribution in [1.29, 1.82) is 0 Å². The average molecular weight is 769 g/mol. The van der Waals surface area contributed by atoms with Gasteiger partial charge in [0.1, 0.15) is 5.52 Å². The molecule has 1 aliphatic carbocycles. The lowest BCUT2D eigenvalue weighted by atomic mass is 10.0. The van der Waals surface area contributed by atoms with Gasteiger partial charge in [0.25, 0.3) is 0 Å². The second-order valence-corrected chi connectivity index (χ2v) is 15.5. The lowest BCUT2D eigenvalue weighted by Gasteiger charge is -2.14. The van der Waals surface area contributed by atoms with Crippen molar-refractivity contribution in [3.05, 3.63) is 193 Å². The van der Waals surface area contributed by atoms with E-state index in [1.165, 1.54) is 22.3 Å².